The van der Waals surface area contributed by atoms with Crippen LogP contribution in [0.25, 0.3) is 0 Å². The van der Waals surface area contributed by atoms with Crippen molar-refractivity contribution in [3.05, 3.63) is 17.0 Å². The summed E-state index contributed by atoms with van der Waals surface area (Å²) >= 11 is 0. The molecule has 0 bridgehead atoms. The van der Waals surface area contributed by atoms with E-state index < -0.39 is 0 Å². The molecule has 1 saturated heterocycles. The van der Waals surface area contributed by atoms with Crippen molar-refractivity contribution in [1.82, 2.24) is 20.0 Å². The Kier molecular flexibility index (Phi) is 5.48. The number of urea groups is 1. The average molecular weight is 361 g/mol. The number of aromatic nitrogens is 2. The van der Waals surface area contributed by atoms with E-state index in [1.54, 1.807) is 0 Å². The Hall–Kier alpha value is -1.56. The normalized spacial score (nSPS) is 23.9. The molecule has 1 aliphatic carbocycles. The maximum absolute atomic E-state index is 12.9. The van der Waals surface area contributed by atoms with Gasteiger partial charge in [0.15, 0.2) is 0 Å². The predicted octanol–water partition coefficient (Wildman–Crippen LogP) is 3.55. The van der Waals surface area contributed by atoms with Crippen molar-refractivity contribution in [1.29, 1.82) is 0 Å². The molecule has 2 aliphatic heterocycles. The molecule has 6 heteroatoms. The van der Waals surface area contributed by atoms with Crippen LogP contribution in [0.3, 0.4) is 0 Å². The molecule has 0 aromatic carbocycles. The lowest BCUT2D eigenvalue weighted by Gasteiger charge is -2.29. The summed E-state index contributed by atoms with van der Waals surface area (Å²) in [5.74, 6) is 0. The van der Waals surface area contributed by atoms with E-state index >= 15 is 0 Å². The minimum Gasteiger partial charge on any atom is -0.376 e. The molecule has 1 unspecified atom stereocenters. The SMILES string of the molecule is CCCn1nc(C2CCCN2C(=O)NC2CCCCC2)c2c1CCOC2. The van der Waals surface area contributed by atoms with Gasteiger partial charge in [-0.3, -0.25) is 4.68 Å². The van der Waals surface area contributed by atoms with Gasteiger partial charge in [-0.05, 0) is 32.1 Å². The number of nitrogens with zero attached hydrogens (tertiary/aromatic N) is 3. The van der Waals surface area contributed by atoms with Crippen molar-refractivity contribution in [3.8, 4) is 0 Å². The summed E-state index contributed by atoms with van der Waals surface area (Å²) in [4.78, 5) is 15.0. The van der Waals surface area contributed by atoms with Gasteiger partial charge in [0, 0.05) is 36.8 Å². The van der Waals surface area contributed by atoms with Crippen LogP contribution in [0.5, 0.6) is 0 Å². The lowest BCUT2D eigenvalue weighted by Crippen LogP contribution is -2.45. The molecule has 2 fully saturated rings. The number of hydrogen-bond donors (Lipinski definition) is 1. The second-order valence-corrected chi connectivity index (χ2v) is 7.97. The number of likely N-dealkylation sites (tertiary alicyclic amines) is 1. The van der Waals surface area contributed by atoms with Gasteiger partial charge in [-0.25, -0.2) is 4.79 Å². The number of ether oxygens (including phenoxy) is 1. The van der Waals surface area contributed by atoms with Crippen LogP contribution >= 0.6 is 0 Å². The van der Waals surface area contributed by atoms with Gasteiger partial charge in [0.2, 0.25) is 0 Å². The topological polar surface area (TPSA) is 59.4 Å². The number of fused-ring (bicyclic) bond motifs is 1. The first kappa shape index (κ1) is 17.8. The molecule has 1 saturated carbocycles. The summed E-state index contributed by atoms with van der Waals surface area (Å²) in [6.07, 6.45) is 10.1. The van der Waals surface area contributed by atoms with E-state index in [0.717, 1.165) is 63.9 Å². The molecule has 1 N–H and O–H groups in total. The molecule has 26 heavy (non-hydrogen) atoms. The summed E-state index contributed by atoms with van der Waals surface area (Å²) in [6.45, 7) is 5.39. The Bertz CT molecular complexity index is 636. The summed E-state index contributed by atoms with van der Waals surface area (Å²) in [5.41, 5.74) is 3.66. The highest BCUT2D eigenvalue weighted by Gasteiger charge is 2.36. The number of aryl methyl sites for hydroxylation is 1. The zero-order valence-electron chi connectivity index (χ0n) is 16.0. The Balaban J connectivity index is 1.53. The fraction of sp³-hybridized carbons (Fsp3) is 0.800. The van der Waals surface area contributed by atoms with Gasteiger partial charge in [-0.2, -0.15) is 5.10 Å². The van der Waals surface area contributed by atoms with Gasteiger partial charge in [0.1, 0.15) is 0 Å². The first-order valence-corrected chi connectivity index (χ1v) is 10.5. The van der Waals surface area contributed by atoms with Crippen molar-refractivity contribution in [2.75, 3.05) is 13.2 Å². The third-order valence-electron chi connectivity index (χ3n) is 6.12. The third kappa shape index (κ3) is 3.48. The van der Waals surface area contributed by atoms with E-state index in [9.17, 15) is 4.79 Å². The van der Waals surface area contributed by atoms with Crippen LogP contribution in [0.4, 0.5) is 4.79 Å². The highest BCUT2D eigenvalue weighted by molar-refractivity contribution is 5.75. The fourth-order valence-corrected chi connectivity index (χ4v) is 4.80. The number of rotatable bonds is 4. The molecule has 1 atom stereocenters. The molecular weight excluding hydrogens is 328 g/mol. The largest absolute Gasteiger partial charge is 0.376 e. The van der Waals surface area contributed by atoms with Crippen molar-refractivity contribution >= 4 is 6.03 Å². The minimum absolute atomic E-state index is 0.104. The summed E-state index contributed by atoms with van der Waals surface area (Å²) < 4.78 is 7.90. The highest BCUT2D eigenvalue weighted by Crippen LogP contribution is 2.36. The zero-order valence-corrected chi connectivity index (χ0v) is 16.0. The lowest BCUT2D eigenvalue weighted by atomic mass is 9.96. The lowest BCUT2D eigenvalue weighted by molar-refractivity contribution is 0.107. The number of carbonyl (C=O) groups is 1. The quantitative estimate of drug-likeness (QED) is 0.893. The van der Waals surface area contributed by atoms with E-state index in [1.807, 2.05) is 4.90 Å². The Morgan fingerprint density at radius 3 is 2.88 bits per heavy atom. The van der Waals surface area contributed by atoms with E-state index in [1.165, 1.54) is 30.5 Å². The summed E-state index contributed by atoms with van der Waals surface area (Å²) in [6, 6.07) is 0.564. The summed E-state index contributed by atoms with van der Waals surface area (Å²) in [5, 5.41) is 8.25. The molecule has 0 radical (unpaired) electrons. The van der Waals surface area contributed by atoms with Gasteiger partial charge in [0.25, 0.3) is 0 Å². The summed E-state index contributed by atoms with van der Waals surface area (Å²) in [7, 11) is 0. The van der Waals surface area contributed by atoms with E-state index in [-0.39, 0.29) is 12.1 Å². The van der Waals surface area contributed by atoms with Gasteiger partial charge in [0.05, 0.1) is 24.9 Å². The van der Waals surface area contributed by atoms with Crippen LogP contribution in [0.1, 0.15) is 81.3 Å². The first-order valence-electron chi connectivity index (χ1n) is 10.5. The molecule has 0 spiro atoms. The van der Waals surface area contributed by atoms with Gasteiger partial charge in [-0.1, -0.05) is 26.2 Å². The zero-order chi connectivity index (χ0) is 17.9. The molecule has 3 aliphatic rings. The standard InChI is InChI=1S/C20H32N4O2/c1-2-11-24-17-10-13-26-14-16(17)19(22-24)18-9-6-12-23(18)20(25)21-15-7-4-3-5-8-15/h15,18H,2-14H2,1H3,(H,21,25). The Morgan fingerprint density at radius 1 is 1.23 bits per heavy atom. The molecule has 1 aromatic heterocycles. The minimum atomic E-state index is 0.104. The van der Waals surface area contributed by atoms with Crippen LogP contribution in [-0.2, 0) is 24.3 Å². The Morgan fingerprint density at radius 2 is 2.08 bits per heavy atom. The number of carbonyl (C=O) groups excluding carboxylic acids is 1. The monoisotopic (exact) mass is 360 g/mol. The third-order valence-corrected chi connectivity index (χ3v) is 6.12. The molecule has 6 nitrogen and oxygen atoms in total. The van der Waals surface area contributed by atoms with Crippen LogP contribution in [-0.4, -0.2) is 39.9 Å². The van der Waals surface area contributed by atoms with Crippen molar-refractivity contribution in [2.24, 2.45) is 0 Å². The van der Waals surface area contributed by atoms with Crippen LogP contribution in [0.2, 0.25) is 0 Å². The second kappa shape index (κ2) is 7.99. The van der Waals surface area contributed by atoms with Crippen LogP contribution in [0.15, 0.2) is 0 Å². The number of amides is 2. The molecule has 4 rings (SSSR count). The highest BCUT2D eigenvalue weighted by atomic mass is 16.5. The first-order chi connectivity index (χ1) is 12.8. The van der Waals surface area contributed by atoms with Gasteiger partial charge < -0.3 is 15.0 Å². The predicted molar refractivity (Wildman–Crippen MR) is 100.0 cm³/mol. The van der Waals surface area contributed by atoms with Gasteiger partial charge in [-0.15, -0.1) is 0 Å². The number of nitrogens with one attached hydrogen (secondary N) is 1. The maximum atomic E-state index is 12.9. The van der Waals surface area contributed by atoms with E-state index in [0.29, 0.717) is 12.6 Å². The van der Waals surface area contributed by atoms with Crippen molar-refractivity contribution in [3.63, 3.8) is 0 Å². The van der Waals surface area contributed by atoms with Crippen molar-refractivity contribution in [2.45, 2.75) is 89.9 Å². The fourth-order valence-electron chi connectivity index (χ4n) is 4.80. The molecule has 1 aromatic rings. The van der Waals surface area contributed by atoms with Crippen LogP contribution in [0, 0.1) is 0 Å². The van der Waals surface area contributed by atoms with Crippen LogP contribution < -0.4 is 5.32 Å². The second-order valence-electron chi connectivity index (χ2n) is 7.97. The number of hydrogen-bond acceptors (Lipinski definition) is 3. The van der Waals surface area contributed by atoms with Gasteiger partial charge >= 0.3 is 6.03 Å². The maximum Gasteiger partial charge on any atom is 0.318 e. The molecule has 3 heterocycles. The van der Waals surface area contributed by atoms with E-state index in [4.69, 9.17) is 9.84 Å². The van der Waals surface area contributed by atoms with E-state index in [2.05, 4.69) is 16.9 Å². The molecule has 144 valence electrons. The molecule has 2 amide bonds. The van der Waals surface area contributed by atoms with Crippen molar-refractivity contribution < 1.29 is 9.53 Å². The molecular formula is C20H32N4O2. The Labute approximate surface area is 156 Å². The smallest absolute Gasteiger partial charge is 0.318 e. The average Bonchev–Trinajstić information content (AvgIpc) is 3.28.